The molecule has 88 valence electrons. The van der Waals surface area contributed by atoms with Crippen LogP contribution in [-0.4, -0.2) is 23.2 Å². The molecule has 16 heavy (non-hydrogen) atoms. The first-order valence-electron chi connectivity index (χ1n) is 6.14. The summed E-state index contributed by atoms with van der Waals surface area (Å²) in [6, 6.07) is 3.84. The third-order valence-electron chi connectivity index (χ3n) is 3.43. The van der Waals surface area contributed by atoms with E-state index < -0.39 is 0 Å². The summed E-state index contributed by atoms with van der Waals surface area (Å²) < 4.78 is 0. The van der Waals surface area contributed by atoms with E-state index in [1.165, 1.54) is 19.3 Å². The molecule has 3 nitrogen and oxygen atoms in total. The zero-order valence-electron chi connectivity index (χ0n) is 9.89. The first-order chi connectivity index (χ1) is 7.85. The van der Waals surface area contributed by atoms with Crippen LogP contribution in [0.15, 0.2) is 18.3 Å². The van der Waals surface area contributed by atoms with Crippen LogP contribution < -0.4 is 4.90 Å². The van der Waals surface area contributed by atoms with E-state index in [4.69, 9.17) is 0 Å². The van der Waals surface area contributed by atoms with Crippen molar-refractivity contribution in [1.82, 2.24) is 4.98 Å². The molecule has 2 rings (SSSR count). The highest BCUT2D eigenvalue weighted by atomic mass is 16.3. The number of nitrogens with zero attached hydrogens (tertiary/aromatic N) is 2. The van der Waals surface area contributed by atoms with Crippen molar-refractivity contribution in [3.63, 3.8) is 0 Å². The Labute approximate surface area is 97.1 Å². The number of piperidine rings is 1. The molecule has 0 bridgehead atoms. The lowest BCUT2D eigenvalue weighted by Crippen LogP contribution is -2.36. The van der Waals surface area contributed by atoms with Gasteiger partial charge >= 0.3 is 0 Å². The number of aliphatic hydroxyl groups is 1. The number of hydrogen-bond donors (Lipinski definition) is 1. The van der Waals surface area contributed by atoms with Crippen molar-refractivity contribution in [2.45, 2.75) is 32.8 Å². The minimum absolute atomic E-state index is 0.0798. The van der Waals surface area contributed by atoms with Gasteiger partial charge in [-0.05, 0) is 24.8 Å². The Morgan fingerprint density at radius 1 is 1.56 bits per heavy atom. The van der Waals surface area contributed by atoms with Crippen molar-refractivity contribution in [2.75, 3.05) is 18.0 Å². The van der Waals surface area contributed by atoms with E-state index in [2.05, 4.69) is 16.8 Å². The molecule has 0 spiro atoms. The Balaban J connectivity index is 2.16. The Bertz CT molecular complexity index is 340. The highest BCUT2D eigenvalue weighted by Crippen LogP contribution is 2.25. The van der Waals surface area contributed by atoms with Crippen molar-refractivity contribution in [3.8, 4) is 0 Å². The second kappa shape index (κ2) is 5.30. The Hall–Kier alpha value is -1.09. The topological polar surface area (TPSA) is 36.4 Å². The van der Waals surface area contributed by atoms with Gasteiger partial charge in [0.1, 0.15) is 5.82 Å². The van der Waals surface area contributed by atoms with E-state index in [0.29, 0.717) is 0 Å². The van der Waals surface area contributed by atoms with Gasteiger partial charge in [0, 0.05) is 24.8 Å². The summed E-state index contributed by atoms with van der Waals surface area (Å²) in [6.45, 7) is 4.48. The SMILES string of the molecule is CCC1CCCN(c2ncccc2CO)C1. The van der Waals surface area contributed by atoms with Gasteiger partial charge in [-0.15, -0.1) is 0 Å². The van der Waals surface area contributed by atoms with Crippen molar-refractivity contribution in [2.24, 2.45) is 5.92 Å². The first-order valence-corrected chi connectivity index (χ1v) is 6.14. The van der Waals surface area contributed by atoms with E-state index in [-0.39, 0.29) is 6.61 Å². The maximum Gasteiger partial charge on any atom is 0.134 e. The number of anilines is 1. The zero-order chi connectivity index (χ0) is 11.4. The summed E-state index contributed by atoms with van der Waals surface area (Å²) in [5.41, 5.74) is 0.944. The molecule has 1 aromatic rings. The smallest absolute Gasteiger partial charge is 0.134 e. The van der Waals surface area contributed by atoms with Gasteiger partial charge in [-0.25, -0.2) is 4.98 Å². The normalized spacial score (nSPS) is 21.1. The highest BCUT2D eigenvalue weighted by molar-refractivity contribution is 5.46. The van der Waals surface area contributed by atoms with E-state index in [9.17, 15) is 5.11 Å². The summed E-state index contributed by atoms with van der Waals surface area (Å²) in [5.74, 6) is 1.76. The molecule has 1 N–H and O–H groups in total. The van der Waals surface area contributed by atoms with Crippen molar-refractivity contribution in [3.05, 3.63) is 23.9 Å². The van der Waals surface area contributed by atoms with Crippen LogP contribution in [0.25, 0.3) is 0 Å². The van der Waals surface area contributed by atoms with Crippen LogP contribution in [-0.2, 0) is 6.61 Å². The molecule has 0 aliphatic carbocycles. The van der Waals surface area contributed by atoms with Gasteiger partial charge in [0.05, 0.1) is 6.61 Å². The fraction of sp³-hybridized carbons (Fsp3) is 0.615. The molecule has 1 unspecified atom stereocenters. The second-order valence-electron chi connectivity index (χ2n) is 4.51. The Morgan fingerprint density at radius 2 is 2.44 bits per heavy atom. The lowest BCUT2D eigenvalue weighted by atomic mass is 9.95. The maximum absolute atomic E-state index is 9.31. The van der Waals surface area contributed by atoms with E-state index in [1.807, 2.05) is 18.3 Å². The molecular formula is C13H20N2O. The van der Waals surface area contributed by atoms with Crippen molar-refractivity contribution in [1.29, 1.82) is 0 Å². The molecule has 1 aliphatic heterocycles. The summed E-state index contributed by atoms with van der Waals surface area (Å²) in [4.78, 5) is 6.73. The van der Waals surface area contributed by atoms with Crippen molar-refractivity contribution < 1.29 is 5.11 Å². The summed E-state index contributed by atoms with van der Waals surface area (Å²) in [7, 11) is 0. The third-order valence-corrected chi connectivity index (χ3v) is 3.43. The van der Waals surface area contributed by atoms with Crippen LogP contribution in [0, 0.1) is 5.92 Å². The highest BCUT2D eigenvalue weighted by Gasteiger charge is 2.20. The molecule has 1 aromatic heterocycles. The Kier molecular flexibility index (Phi) is 3.78. The predicted molar refractivity (Wildman–Crippen MR) is 65.4 cm³/mol. The lowest BCUT2D eigenvalue weighted by Gasteiger charge is -2.34. The zero-order valence-corrected chi connectivity index (χ0v) is 9.89. The molecule has 1 atom stereocenters. The van der Waals surface area contributed by atoms with Gasteiger partial charge in [-0.2, -0.15) is 0 Å². The first kappa shape index (κ1) is 11.4. The van der Waals surface area contributed by atoms with Gasteiger partial charge < -0.3 is 10.0 Å². The lowest BCUT2D eigenvalue weighted by molar-refractivity contribution is 0.281. The number of rotatable bonds is 3. The van der Waals surface area contributed by atoms with Gasteiger partial charge in [0.2, 0.25) is 0 Å². The summed E-state index contributed by atoms with van der Waals surface area (Å²) in [5, 5.41) is 9.31. The third kappa shape index (κ3) is 2.35. The second-order valence-corrected chi connectivity index (χ2v) is 4.51. The van der Waals surface area contributed by atoms with Gasteiger partial charge in [0.15, 0.2) is 0 Å². The summed E-state index contributed by atoms with van der Waals surface area (Å²) >= 11 is 0. The van der Waals surface area contributed by atoms with Gasteiger partial charge in [-0.1, -0.05) is 19.4 Å². The molecule has 3 heteroatoms. The number of aliphatic hydroxyl groups excluding tert-OH is 1. The quantitative estimate of drug-likeness (QED) is 0.848. The number of pyridine rings is 1. The van der Waals surface area contributed by atoms with E-state index in [0.717, 1.165) is 30.4 Å². The summed E-state index contributed by atoms with van der Waals surface area (Å²) in [6.07, 6.45) is 5.61. The van der Waals surface area contributed by atoms with Gasteiger partial charge in [-0.3, -0.25) is 0 Å². The molecule has 2 heterocycles. The van der Waals surface area contributed by atoms with Crippen LogP contribution in [0.2, 0.25) is 0 Å². The molecule has 0 radical (unpaired) electrons. The van der Waals surface area contributed by atoms with E-state index in [1.54, 1.807) is 0 Å². The molecule has 0 amide bonds. The molecule has 1 aliphatic rings. The standard InChI is InChI=1S/C13H20N2O/c1-2-11-5-4-8-15(9-11)13-12(10-16)6-3-7-14-13/h3,6-7,11,16H,2,4-5,8-10H2,1H3. The number of hydrogen-bond acceptors (Lipinski definition) is 3. The van der Waals surface area contributed by atoms with E-state index >= 15 is 0 Å². The fourth-order valence-electron chi connectivity index (χ4n) is 2.43. The minimum Gasteiger partial charge on any atom is -0.392 e. The van der Waals surface area contributed by atoms with Crippen LogP contribution in [0.4, 0.5) is 5.82 Å². The molecule has 0 aromatic carbocycles. The maximum atomic E-state index is 9.31. The average molecular weight is 220 g/mol. The van der Waals surface area contributed by atoms with Gasteiger partial charge in [0.25, 0.3) is 0 Å². The molecular weight excluding hydrogens is 200 g/mol. The van der Waals surface area contributed by atoms with Crippen LogP contribution in [0.3, 0.4) is 0 Å². The monoisotopic (exact) mass is 220 g/mol. The minimum atomic E-state index is 0.0798. The van der Waals surface area contributed by atoms with Crippen LogP contribution in [0.5, 0.6) is 0 Å². The van der Waals surface area contributed by atoms with Crippen LogP contribution >= 0.6 is 0 Å². The number of aromatic nitrogens is 1. The molecule has 1 saturated heterocycles. The molecule has 1 fully saturated rings. The molecule has 0 saturated carbocycles. The van der Waals surface area contributed by atoms with Crippen molar-refractivity contribution >= 4 is 5.82 Å². The largest absolute Gasteiger partial charge is 0.392 e. The Morgan fingerprint density at radius 3 is 3.19 bits per heavy atom. The predicted octanol–water partition coefficient (Wildman–Crippen LogP) is 2.20. The fourth-order valence-corrected chi connectivity index (χ4v) is 2.43. The average Bonchev–Trinajstić information content (AvgIpc) is 2.38. The van der Waals surface area contributed by atoms with Crippen LogP contribution in [0.1, 0.15) is 31.7 Å².